The number of hydrogen-bond acceptors (Lipinski definition) is 4. The molecular weight excluding hydrogens is 390 g/mol. The van der Waals surface area contributed by atoms with Crippen molar-refractivity contribution in [2.45, 2.75) is 51.0 Å². The second kappa shape index (κ2) is 9.00. The number of aromatic amines is 1. The fourth-order valence-electron chi connectivity index (χ4n) is 3.81. The Balaban J connectivity index is 1.80. The van der Waals surface area contributed by atoms with Gasteiger partial charge in [0.25, 0.3) is 5.91 Å². The summed E-state index contributed by atoms with van der Waals surface area (Å²) < 4.78 is 33.2. The summed E-state index contributed by atoms with van der Waals surface area (Å²) in [6, 6.07) is 7.44. The number of nitrogens with one attached hydrogen (secondary N) is 2. The van der Waals surface area contributed by atoms with Crippen molar-refractivity contribution >= 4 is 15.9 Å². The third-order valence-corrected chi connectivity index (χ3v) is 7.52. The molecular formula is C21H29N3O4S. The minimum absolute atomic E-state index is 0.228. The lowest BCUT2D eigenvalue weighted by molar-refractivity contribution is 0.0945. The van der Waals surface area contributed by atoms with E-state index in [9.17, 15) is 13.2 Å². The van der Waals surface area contributed by atoms with Gasteiger partial charge in [-0.2, -0.15) is 4.31 Å². The summed E-state index contributed by atoms with van der Waals surface area (Å²) in [6.07, 6.45) is 3.84. The van der Waals surface area contributed by atoms with Gasteiger partial charge in [0.2, 0.25) is 10.0 Å². The first-order valence-electron chi connectivity index (χ1n) is 9.95. The summed E-state index contributed by atoms with van der Waals surface area (Å²) in [5.41, 5.74) is 2.16. The van der Waals surface area contributed by atoms with Gasteiger partial charge in [-0.3, -0.25) is 4.79 Å². The normalized spacial score (nSPS) is 15.7. The van der Waals surface area contributed by atoms with Crippen LogP contribution in [0.2, 0.25) is 0 Å². The third-order valence-electron chi connectivity index (χ3n) is 5.35. The summed E-state index contributed by atoms with van der Waals surface area (Å²) in [5, 5.41) is 2.85. The monoisotopic (exact) mass is 419 g/mol. The molecule has 1 aliphatic heterocycles. The average Bonchev–Trinajstić information content (AvgIpc) is 2.89. The zero-order chi connectivity index (χ0) is 21.0. The summed E-state index contributed by atoms with van der Waals surface area (Å²) in [6.45, 7) is 4.78. The molecule has 0 saturated carbocycles. The number of carbonyl (C=O) groups is 1. The molecule has 8 heteroatoms. The van der Waals surface area contributed by atoms with Gasteiger partial charge in [-0.05, 0) is 49.9 Å². The Morgan fingerprint density at radius 2 is 1.86 bits per heavy atom. The second-order valence-electron chi connectivity index (χ2n) is 7.43. The van der Waals surface area contributed by atoms with Crippen LogP contribution >= 0.6 is 0 Å². The zero-order valence-corrected chi connectivity index (χ0v) is 18.1. The molecule has 0 spiro atoms. The van der Waals surface area contributed by atoms with Crippen LogP contribution in [0.4, 0.5) is 0 Å². The number of H-pyrrole nitrogens is 1. The molecule has 2 heterocycles. The molecule has 158 valence electrons. The van der Waals surface area contributed by atoms with Crippen molar-refractivity contribution in [1.29, 1.82) is 0 Å². The number of benzene rings is 1. The Hall–Kier alpha value is -2.32. The highest BCUT2D eigenvalue weighted by molar-refractivity contribution is 7.89. The lowest BCUT2D eigenvalue weighted by atomic mass is 10.2. The van der Waals surface area contributed by atoms with Crippen LogP contribution in [0.25, 0.3) is 0 Å². The number of amides is 1. The van der Waals surface area contributed by atoms with E-state index in [1.165, 1.54) is 0 Å². The van der Waals surface area contributed by atoms with Crippen molar-refractivity contribution in [3.63, 3.8) is 0 Å². The highest BCUT2D eigenvalue weighted by Crippen LogP contribution is 2.28. The molecule has 1 fully saturated rings. The largest absolute Gasteiger partial charge is 0.497 e. The number of hydrogen-bond donors (Lipinski definition) is 2. The second-order valence-corrected chi connectivity index (χ2v) is 9.31. The fourth-order valence-corrected chi connectivity index (χ4v) is 5.74. The Morgan fingerprint density at radius 3 is 2.52 bits per heavy atom. The van der Waals surface area contributed by atoms with Crippen LogP contribution in [-0.2, 0) is 16.6 Å². The maximum absolute atomic E-state index is 13.2. The van der Waals surface area contributed by atoms with Crippen LogP contribution < -0.4 is 10.1 Å². The van der Waals surface area contributed by atoms with Gasteiger partial charge in [0.05, 0.1) is 7.11 Å². The highest BCUT2D eigenvalue weighted by Gasteiger charge is 2.31. The predicted octanol–water partition coefficient (Wildman–Crippen LogP) is 3.13. The number of rotatable bonds is 6. The first-order valence-corrected chi connectivity index (χ1v) is 11.4. The fraction of sp³-hybridized carbons (Fsp3) is 0.476. The number of aryl methyl sites for hydroxylation is 1. The van der Waals surface area contributed by atoms with E-state index in [1.807, 2.05) is 24.3 Å². The molecule has 2 aromatic rings. The Bertz CT molecular complexity index is 974. The van der Waals surface area contributed by atoms with Crippen molar-refractivity contribution in [2.75, 3.05) is 20.2 Å². The van der Waals surface area contributed by atoms with Crippen molar-refractivity contribution in [3.8, 4) is 5.75 Å². The van der Waals surface area contributed by atoms with Gasteiger partial charge in [-0.15, -0.1) is 0 Å². The Kier molecular flexibility index (Phi) is 6.64. The average molecular weight is 420 g/mol. The van der Waals surface area contributed by atoms with E-state index >= 15 is 0 Å². The van der Waals surface area contributed by atoms with E-state index in [2.05, 4.69) is 10.3 Å². The molecule has 1 aromatic heterocycles. The summed E-state index contributed by atoms with van der Waals surface area (Å²) in [4.78, 5) is 16.0. The van der Waals surface area contributed by atoms with E-state index < -0.39 is 10.0 Å². The van der Waals surface area contributed by atoms with Crippen molar-refractivity contribution in [1.82, 2.24) is 14.6 Å². The molecule has 0 atom stereocenters. The molecule has 1 aliphatic rings. The van der Waals surface area contributed by atoms with Crippen LogP contribution in [0.1, 0.15) is 53.0 Å². The van der Waals surface area contributed by atoms with Gasteiger partial charge in [0.1, 0.15) is 16.3 Å². The van der Waals surface area contributed by atoms with Crippen LogP contribution in [0.3, 0.4) is 0 Å². The Labute approximate surface area is 172 Å². The van der Waals surface area contributed by atoms with E-state index in [1.54, 1.807) is 25.3 Å². The van der Waals surface area contributed by atoms with Crippen LogP contribution in [0.15, 0.2) is 29.2 Å². The number of ether oxygens (including phenoxy) is 1. The zero-order valence-electron chi connectivity index (χ0n) is 17.2. The number of nitrogens with zero attached hydrogens (tertiary/aromatic N) is 1. The van der Waals surface area contributed by atoms with E-state index in [4.69, 9.17) is 4.74 Å². The smallest absolute Gasteiger partial charge is 0.268 e. The maximum Gasteiger partial charge on any atom is 0.268 e. The van der Waals surface area contributed by atoms with Gasteiger partial charge >= 0.3 is 0 Å². The van der Waals surface area contributed by atoms with Gasteiger partial charge in [-0.25, -0.2) is 8.42 Å². The number of carbonyl (C=O) groups excluding carboxylic acids is 1. The molecule has 0 radical (unpaired) electrons. The number of aromatic nitrogens is 1. The molecule has 0 bridgehead atoms. The third kappa shape index (κ3) is 4.64. The van der Waals surface area contributed by atoms with Crippen molar-refractivity contribution < 1.29 is 17.9 Å². The van der Waals surface area contributed by atoms with E-state index in [-0.39, 0.29) is 10.8 Å². The molecule has 3 rings (SSSR count). The molecule has 0 aliphatic carbocycles. The summed E-state index contributed by atoms with van der Waals surface area (Å²) >= 11 is 0. The van der Waals surface area contributed by atoms with E-state index in [0.717, 1.165) is 37.0 Å². The lowest BCUT2D eigenvalue weighted by Gasteiger charge is -2.20. The van der Waals surface area contributed by atoms with Gasteiger partial charge in [0, 0.05) is 25.3 Å². The summed E-state index contributed by atoms with van der Waals surface area (Å²) in [5.74, 6) is 0.389. The number of sulfonamides is 1. The van der Waals surface area contributed by atoms with Crippen LogP contribution in [0, 0.1) is 13.8 Å². The van der Waals surface area contributed by atoms with Gasteiger partial charge in [0.15, 0.2) is 0 Å². The SMILES string of the molecule is COc1cccc(CNC(=O)c2[nH]c(C)c(S(=O)(=O)N3CCCCCC3)c2C)c1. The van der Waals surface area contributed by atoms with E-state index in [0.29, 0.717) is 36.6 Å². The van der Waals surface area contributed by atoms with Crippen molar-refractivity contribution in [3.05, 3.63) is 46.8 Å². The highest BCUT2D eigenvalue weighted by atomic mass is 32.2. The standard InChI is InChI=1S/C21H29N3O4S/c1-15-19(21(25)22-14-17-9-8-10-18(13-17)28-3)23-16(2)20(15)29(26,27)24-11-6-4-5-7-12-24/h8-10,13,23H,4-7,11-12,14H2,1-3H3,(H,22,25). The molecule has 29 heavy (non-hydrogen) atoms. The van der Waals surface area contributed by atoms with Crippen LogP contribution in [0.5, 0.6) is 5.75 Å². The number of methoxy groups -OCH3 is 1. The molecule has 1 amide bonds. The van der Waals surface area contributed by atoms with Gasteiger partial charge < -0.3 is 15.0 Å². The molecule has 1 aromatic carbocycles. The van der Waals surface area contributed by atoms with Crippen LogP contribution in [-0.4, -0.2) is 43.8 Å². The van der Waals surface area contributed by atoms with Gasteiger partial charge in [-0.1, -0.05) is 25.0 Å². The molecule has 1 saturated heterocycles. The quantitative estimate of drug-likeness (QED) is 0.752. The maximum atomic E-state index is 13.2. The lowest BCUT2D eigenvalue weighted by Crippen LogP contribution is -2.32. The topological polar surface area (TPSA) is 91.5 Å². The molecule has 7 nitrogen and oxygen atoms in total. The minimum atomic E-state index is -3.63. The molecule has 2 N–H and O–H groups in total. The first-order chi connectivity index (χ1) is 13.8. The molecule has 0 unspecified atom stereocenters. The van der Waals surface area contributed by atoms with Crippen molar-refractivity contribution in [2.24, 2.45) is 0 Å². The first kappa shape index (κ1) is 21.4. The minimum Gasteiger partial charge on any atom is -0.497 e. The summed E-state index contributed by atoms with van der Waals surface area (Å²) in [7, 11) is -2.04. The predicted molar refractivity (Wildman–Crippen MR) is 112 cm³/mol. The Morgan fingerprint density at radius 1 is 1.17 bits per heavy atom.